The van der Waals surface area contributed by atoms with Gasteiger partial charge in [0, 0.05) is 0 Å². The number of amides is 1. The largest absolute Gasteiger partial charge is 0.459 e. The maximum Gasteiger partial charge on any atom is 0.287 e. The predicted molar refractivity (Wildman–Crippen MR) is 90.6 cm³/mol. The summed E-state index contributed by atoms with van der Waals surface area (Å²) in [6.07, 6.45) is 3.15. The van der Waals surface area contributed by atoms with E-state index < -0.39 is 0 Å². The fourth-order valence-corrected chi connectivity index (χ4v) is 2.75. The van der Waals surface area contributed by atoms with E-state index in [1.165, 1.54) is 6.26 Å². The number of nitrogens with zero attached hydrogens (tertiary/aromatic N) is 1. The van der Waals surface area contributed by atoms with E-state index in [9.17, 15) is 4.79 Å². The van der Waals surface area contributed by atoms with Crippen LogP contribution in [-0.4, -0.2) is 15.9 Å². The van der Waals surface area contributed by atoms with Crippen LogP contribution < -0.4 is 5.32 Å². The highest BCUT2D eigenvalue weighted by Gasteiger charge is 2.19. The zero-order chi connectivity index (χ0) is 16.4. The quantitative estimate of drug-likeness (QED) is 0.603. The number of aromatic nitrogens is 2. The van der Waals surface area contributed by atoms with Gasteiger partial charge in [0.1, 0.15) is 0 Å². The molecule has 1 amide bonds. The van der Waals surface area contributed by atoms with Gasteiger partial charge in [0.05, 0.1) is 29.7 Å². The molecule has 0 aliphatic carbocycles. The molecular formula is C19H15N3O2. The zero-order valence-corrected chi connectivity index (χ0v) is 12.8. The number of hydrogen-bond donors (Lipinski definition) is 2. The molecule has 5 nitrogen and oxygen atoms in total. The summed E-state index contributed by atoms with van der Waals surface area (Å²) in [6, 6.07) is 18.8. The molecule has 5 heteroatoms. The Morgan fingerprint density at radius 1 is 1.04 bits per heavy atom. The predicted octanol–water partition coefficient (Wildman–Crippen LogP) is 3.68. The molecule has 1 atom stereocenters. The first-order valence-corrected chi connectivity index (χ1v) is 7.63. The van der Waals surface area contributed by atoms with Gasteiger partial charge in [-0.15, -0.1) is 0 Å². The van der Waals surface area contributed by atoms with Gasteiger partial charge in [-0.25, -0.2) is 4.98 Å². The van der Waals surface area contributed by atoms with E-state index in [-0.39, 0.29) is 11.9 Å². The molecule has 2 heterocycles. The maximum atomic E-state index is 12.5. The molecule has 0 unspecified atom stereocenters. The van der Waals surface area contributed by atoms with E-state index in [0.717, 1.165) is 22.2 Å². The van der Waals surface area contributed by atoms with Crippen molar-refractivity contribution in [2.45, 2.75) is 6.04 Å². The number of hydrogen-bond acceptors (Lipinski definition) is 3. The van der Waals surface area contributed by atoms with Crippen LogP contribution in [0.3, 0.4) is 0 Å². The second-order valence-electron chi connectivity index (χ2n) is 5.47. The summed E-state index contributed by atoms with van der Waals surface area (Å²) in [5.74, 6) is 0.0390. The van der Waals surface area contributed by atoms with Crippen LogP contribution in [0.4, 0.5) is 0 Å². The van der Waals surface area contributed by atoms with E-state index in [2.05, 4.69) is 15.3 Å². The molecule has 0 aliphatic rings. The van der Waals surface area contributed by atoms with Crippen LogP contribution in [0, 0.1) is 0 Å². The summed E-state index contributed by atoms with van der Waals surface area (Å²) >= 11 is 0. The standard InChI is InChI=1S/C19H15N3O2/c23-19(17-7-4-10-24-17)22-18(13-5-2-1-3-6-13)14-8-9-15-16(11-14)21-12-20-15/h1-12,18H,(H,20,21)(H,22,23)/t18-/m0/s1. The number of fused-ring (bicyclic) bond motifs is 1. The van der Waals surface area contributed by atoms with E-state index in [4.69, 9.17) is 4.42 Å². The molecule has 0 radical (unpaired) electrons. The third kappa shape index (κ3) is 2.67. The molecule has 4 aromatic rings. The fraction of sp³-hybridized carbons (Fsp3) is 0.0526. The number of rotatable bonds is 4. The Morgan fingerprint density at radius 2 is 1.92 bits per heavy atom. The summed E-state index contributed by atoms with van der Waals surface area (Å²) in [6.45, 7) is 0. The Morgan fingerprint density at radius 3 is 2.71 bits per heavy atom. The Bertz CT molecular complexity index is 959. The van der Waals surface area contributed by atoms with Crippen LogP contribution in [0.2, 0.25) is 0 Å². The zero-order valence-electron chi connectivity index (χ0n) is 12.8. The molecule has 0 spiro atoms. The number of carbonyl (C=O) groups is 1. The van der Waals surface area contributed by atoms with Crippen LogP contribution in [0.1, 0.15) is 27.7 Å². The number of benzene rings is 2. The third-order valence-electron chi connectivity index (χ3n) is 3.93. The van der Waals surface area contributed by atoms with Crippen molar-refractivity contribution in [3.63, 3.8) is 0 Å². The lowest BCUT2D eigenvalue weighted by Crippen LogP contribution is -2.29. The van der Waals surface area contributed by atoms with Crippen molar-refractivity contribution >= 4 is 16.9 Å². The van der Waals surface area contributed by atoms with Crippen molar-refractivity contribution in [3.8, 4) is 0 Å². The summed E-state index contributed by atoms with van der Waals surface area (Å²) in [4.78, 5) is 19.8. The number of aromatic amines is 1. The minimum atomic E-state index is -0.281. The Kier molecular flexibility index (Phi) is 3.59. The monoisotopic (exact) mass is 317 g/mol. The summed E-state index contributed by atoms with van der Waals surface area (Å²) < 4.78 is 5.20. The lowest BCUT2D eigenvalue weighted by atomic mass is 9.98. The summed E-state index contributed by atoms with van der Waals surface area (Å²) in [5.41, 5.74) is 3.79. The van der Waals surface area contributed by atoms with Crippen LogP contribution in [-0.2, 0) is 0 Å². The van der Waals surface area contributed by atoms with E-state index in [1.807, 2.05) is 48.5 Å². The number of nitrogens with one attached hydrogen (secondary N) is 2. The number of carbonyl (C=O) groups excluding carboxylic acids is 1. The lowest BCUT2D eigenvalue weighted by Gasteiger charge is -2.19. The topological polar surface area (TPSA) is 70.9 Å². The molecule has 0 bridgehead atoms. The van der Waals surface area contributed by atoms with Gasteiger partial charge in [-0.3, -0.25) is 4.79 Å². The van der Waals surface area contributed by atoms with Crippen LogP contribution in [0.25, 0.3) is 11.0 Å². The molecular weight excluding hydrogens is 302 g/mol. The molecule has 4 rings (SSSR count). The first-order chi connectivity index (χ1) is 11.8. The van der Waals surface area contributed by atoms with Crippen molar-refractivity contribution in [1.29, 1.82) is 0 Å². The molecule has 0 saturated heterocycles. The highest BCUT2D eigenvalue weighted by molar-refractivity contribution is 5.92. The van der Waals surface area contributed by atoms with Crippen molar-refractivity contribution in [1.82, 2.24) is 15.3 Å². The van der Waals surface area contributed by atoms with E-state index in [1.54, 1.807) is 18.5 Å². The van der Waals surface area contributed by atoms with E-state index >= 15 is 0 Å². The molecule has 0 saturated carbocycles. The summed E-state index contributed by atoms with van der Waals surface area (Å²) in [5, 5.41) is 3.04. The van der Waals surface area contributed by atoms with Crippen LogP contribution in [0.15, 0.2) is 77.7 Å². The first-order valence-electron chi connectivity index (χ1n) is 7.63. The molecule has 2 aromatic carbocycles. The average Bonchev–Trinajstić information content (AvgIpc) is 3.31. The maximum absolute atomic E-state index is 12.5. The Balaban J connectivity index is 1.73. The molecule has 2 N–H and O–H groups in total. The average molecular weight is 317 g/mol. The molecule has 24 heavy (non-hydrogen) atoms. The minimum Gasteiger partial charge on any atom is -0.459 e. The van der Waals surface area contributed by atoms with Crippen molar-refractivity contribution in [3.05, 3.63) is 90.1 Å². The smallest absolute Gasteiger partial charge is 0.287 e. The molecule has 0 fully saturated rings. The third-order valence-corrected chi connectivity index (χ3v) is 3.93. The van der Waals surface area contributed by atoms with Crippen molar-refractivity contribution in [2.75, 3.05) is 0 Å². The van der Waals surface area contributed by atoms with Gasteiger partial charge in [-0.2, -0.15) is 0 Å². The SMILES string of the molecule is O=C(N[C@@H](c1ccccc1)c1ccc2nc[nH]c2c1)c1ccco1. The van der Waals surface area contributed by atoms with Gasteiger partial charge in [0.25, 0.3) is 5.91 Å². The first kappa shape index (κ1) is 14.3. The van der Waals surface area contributed by atoms with Gasteiger partial charge >= 0.3 is 0 Å². The van der Waals surface area contributed by atoms with Crippen LogP contribution in [0.5, 0.6) is 0 Å². The fourth-order valence-electron chi connectivity index (χ4n) is 2.75. The summed E-state index contributed by atoms with van der Waals surface area (Å²) in [7, 11) is 0. The Labute approximate surface area is 138 Å². The number of furan rings is 1. The Hall–Kier alpha value is -3.34. The normalized spacial score (nSPS) is 12.2. The minimum absolute atomic E-state index is 0.251. The van der Waals surface area contributed by atoms with Crippen molar-refractivity contribution in [2.24, 2.45) is 0 Å². The second kappa shape index (κ2) is 6.04. The molecule has 2 aromatic heterocycles. The molecule has 118 valence electrons. The highest BCUT2D eigenvalue weighted by Crippen LogP contribution is 2.25. The lowest BCUT2D eigenvalue weighted by molar-refractivity contribution is 0.0915. The van der Waals surface area contributed by atoms with Gasteiger partial charge in [0.15, 0.2) is 5.76 Å². The van der Waals surface area contributed by atoms with Crippen molar-refractivity contribution < 1.29 is 9.21 Å². The van der Waals surface area contributed by atoms with Gasteiger partial charge in [-0.1, -0.05) is 36.4 Å². The number of imidazole rings is 1. The number of H-pyrrole nitrogens is 1. The van der Waals surface area contributed by atoms with Crippen LogP contribution >= 0.6 is 0 Å². The molecule has 0 aliphatic heterocycles. The van der Waals surface area contributed by atoms with Gasteiger partial charge in [0.2, 0.25) is 0 Å². The second-order valence-corrected chi connectivity index (χ2v) is 5.47. The van der Waals surface area contributed by atoms with Gasteiger partial charge in [-0.05, 0) is 35.4 Å². The highest BCUT2D eigenvalue weighted by atomic mass is 16.3. The van der Waals surface area contributed by atoms with Gasteiger partial charge < -0.3 is 14.7 Å². The van der Waals surface area contributed by atoms with E-state index in [0.29, 0.717) is 5.76 Å².